The Labute approximate surface area is 132 Å². The fourth-order valence-electron chi connectivity index (χ4n) is 2.34. The number of oxazole rings is 1. The van der Waals surface area contributed by atoms with E-state index in [1.54, 1.807) is 18.3 Å². The summed E-state index contributed by atoms with van der Waals surface area (Å²) in [7, 11) is 0. The molecule has 0 fully saturated rings. The van der Waals surface area contributed by atoms with Crippen LogP contribution in [0.5, 0.6) is 5.75 Å². The molecule has 0 atom stereocenters. The molecule has 2 heterocycles. The Bertz CT molecular complexity index is 859. The molecule has 0 unspecified atom stereocenters. The van der Waals surface area contributed by atoms with Crippen molar-refractivity contribution in [3.63, 3.8) is 0 Å². The average Bonchev–Trinajstić information content (AvgIpc) is 3.04. The van der Waals surface area contributed by atoms with Gasteiger partial charge < -0.3 is 19.8 Å². The lowest BCUT2D eigenvalue weighted by atomic mass is 10.2. The Kier molecular flexibility index (Phi) is 3.20. The molecule has 23 heavy (non-hydrogen) atoms. The second-order valence-corrected chi connectivity index (χ2v) is 5.07. The number of amides is 1. The third kappa shape index (κ3) is 2.74. The Morgan fingerprint density at radius 1 is 1.13 bits per heavy atom. The van der Waals surface area contributed by atoms with Gasteiger partial charge in [0.05, 0.1) is 11.9 Å². The number of benzene rings is 2. The van der Waals surface area contributed by atoms with Crippen molar-refractivity contribution >= 4 is 23.3 Å². The van der Waals surface area contributed by atoms with Crippen LogP contribution in [0.25, 0.3) is 11.3 Å². The molecule has 114 valence electrons. The summed E-state index contributed by atoms with van der Waals surface area (Å²) < 4.78 is 11.1. The van der Waals surface area contributed by atoms with Gasteiger partial charge >= 0.3 is 0 Å². The summed E-state index contributed by atoms with van der Waals surface area (Å²) in [4.78, 5) is 15.5. The Hall–Kier alpha value is -3.28. The van der Waals surface area contributed by atoms with Crippen molar-refractivity contribution in [1.29, 1.82) is 0 Å². The normalized spacial score (nSPS) is 13.0. The van der Waals surface area contributed by atoms with Gasteiger partial charge in [-0.3, -0.25) is 4.79 Å². The van der Waals surface area contributed by atoms with Crippen LogP contribution in [0.1, 0.15) is 0 Å². The predicted molar refractivity (Wildman–Crippen MR) is 85.8 cm³/mol. The fraction of sp³-hybridized carbons (Fsp3) is 0.0588. The van der Waals surface area contributed by atoms with Crippen LogP contribution in [0.3, 0.4) is 0 Å². The third-order valence-corrected chi connectivity index (χ3v) is 3.43. The highest BCUT2D eigenvalue weighted by Crippen LogP contribution is 2.32. The van der Waals surface area contributed by atoms with Crippen LogP contribution in [-0.2, 0) is 4.79 Å². The number of anilines is 3. The molecule has 0 radical (unpaired) electrons. The van der Waals surface area contributed by atoms with Crippen molar-refractivity contribution in [2.45, 2.75) is 0 Å². The van der Waals surface area contributed by atoms with Crippen LogP contribution in [-0.4, -0.2) is 17.5 Å². The third-order valence-electron chi connectivity index (χ3n) is 3.43. The maximum atomic E-state index is 11.3. The van der Waals surface area contributed by atoms with Crippen LogP contribution in [0, 0.1) is 0 Å². The van der Waals surface area contributed by atoms with E-state index in [1.807, 2.05) is 36.4 Å². The van der Waals surface area contributed by atoms with E-state index in [0.717, 1.165) is 11.3 Å². The first kappa shape index (κ1) is 13.4. The van der Waals surface area contributed by atoms with E-state index in [-0.39, 0.29) is 12.5 Å². The van der Waals surface area contributed by atoms with Gasteiger partial charge in [-0.25, -0.2) is 4.98 Å². The number of nitrogens with one attached hydrogen (secondary N) is 2. The van der Waals surface area contributed by atoms with E-state index >= 15 is 0 Å². The zero-order chi connectivity index (χ0) is 15.6. The number of fused-ring (bicyclic) bond motifs is 1. The smallest absolute Gasteiger partial charge is 0.299 e. The van der Waals surface area contributed by atoms with Crippen LogP contribution < -0.4 is 15.4 Å². The summed E-state index contributed by atoms with van der Waals surface area (Å²) >= 11 is 0. The summed E-state index contributed by atoms with van der Waals surface area (Å²) in [6, 6.07) is 15.5. The lowest BCUT2D eigenvalue weighted by molar-refractivity contribution is -0.118. The topological polar surface area (TPSA) is 76.4 Å². The zero-order valence-electron chi connectivity index (χ0n) is 12.1. The molecule has 3 aromatic rings. The van der Waals surface area contributed by atoms with Crippen LogP contribution >= 0.6 is 0 Å². The van der Waals surface area contributed by atoms with Gasteiger partial charge in [0, 0.05) is 17.3 Å². The summed E-state index contributed by atoms with van der Waals surface area (Å²) in [5.41, 5.74) is 2.38. The minimum absolute atomic E-state index is 0.0214. The quantitative estimate of drug-likeness (QED) is 0.775. The maximum Gasteiger partial charge on any atom is 0.299 e. The first-order valence-corrected chi connectivity index (χ1v) is 7.13. The van der Waals surface area contributed by atoms with E-state index in [2.05, 4.69) is 15.6 Å². The zero-order valence-corrected chi connectivity index (χ0v) is 12.1. The molecule has 0 saturated carbocycles. The van der Waals surface area contributed by atoms with Crippen LogP contribution in [0.15, 0.2) is 59.1 Å². The van der Waals surface area contributed by atoms with Gasteiger partial charge in [0.25, 0.3) is 11.9 Å². The fourth-order valence-corrected chi connectivity index (χ4v) is 2.34. The minimum atomic E-state index is -0.154. The van der Waals surface area contributed by atoms with E-state index in [0.29, 0.717) is 23.2 Å². The van der Waals surface area contributed by atoms with E-state index in [9.17, 15) is 4.79 Å². The summed E-state index contributed by atoms with van der Waals surface area (Å²) in [6.45, 7) is 0.0214. The number of hydrogen-bond acceptors (Lipinski definition) is 5. The second-order valence-electron chi connectivity index (χ2n) is 5.07. The Balaban J connectivity index is 1.55. The van der Waals surface area contributed by atoms with Crippen molar-refractivity contribution in [3.05, 3.63) is 54.7 Å². The van der Waals surface area contributed by atoms with Crippen molar-refractivity contribution in [2.24, 2.45) is 0 Å². The minimum Gasteiger partial charge on any atom is -0.482 e. The number of hydrogen-bond donors (Lipinski definition) is 2. The van der Waals surface area contributed by atoms with Gasteiger partial charge in [-0.1, -0.05) is 30.3 Å². The largest absolute Gasteiger partial charge is 0.482 e. The second kappa shape index (κ2) is 5.49. The van der Waals surface area contributed by atoms with Gasteiger partial charge in [-0.15, -0.1) is 0 Å². The van der Waals surface area contributed by atoms with E-state index < -0.39 is 0 Å². The summed E-state index contributed by atoms with van der Waals surface area (Å²) in [5.74, 6) is 1.15. The standard InChI is InChI=1S/C17H13N3O3/c21-16-10-22-14-8-12(6-7-13(14)20-16)19-17-18-9-15(23-17)11-4-2-1-3-5-11/h1-9H,10H2,(H,18,19)(H,20,21). The van der Waals surface area contributed by atoms with Gasteiger partial charge in [0.1, 0.15) is 5.75 Å². The van der Waals surface area contributed by atoms with Gasteiger partial charge in [0.15, 0.2) is 12.4 Å². The molecule has 2 N–H and O–H groups in total. The number of ether oxygens (including phenoxy) is 1. The summed E-state index contributed by atoms with van der Waals surface area (Å²) in [5, 5.41) is 5.83. The Morgan fingerprint density at radius 3 is 2.87 bits per heavy atom. The highest BCUT2D eigenvalue weighted by Gasteiger charge is 2.16. The highest BCUT2D eigenvalue weighted by molar-refractivity contribution is 5.95. The van der Waals surface area contributed by atoms with Gasteiger partial charge in [0.2, 0.25) is 0 Å². The van der Waals surface area contributed by atoms with Crippen molar-refractivity contribution in [1.82, 2.24) is 4.98 Å². The molecule has 6 nitrogen and oxygen atoms in total. The molecule has 6 heteroatoms. The molecule has 1 amide bonds. The first-order chi connectivity index (χ1) is 11.3. The number of rotatable bonds is 3. The van der Waals surface area contributed by atoms with E-state index in [1.165, 1.54) is 0 Å². The van der Waals surface area contributed by atoms with Crippen molar-refractivity contribution in [3.8, 4) is 17.1 Å². The van der Waals surface area contributed by atoms with Crippen molar-refractivity contribution in [2.75, 3.05) is 17.2 Å². The number of aromatic nitrogens is 1. The molecule has 0 saturated heterocycles. The molecule has 1 aliphatic heterocycles. The monoisotopic (exact) mass is 307 g/mol. The number of carbonyl (C=O) groups is 1. The predicted octanol–water partition coefficient (Wildman–Crippen LogP) is 3.42. The molecular formula is C17H13N3O3. The number of carbonyl (C=O) groups excluding carboxylic acids is 1. The lowest BCUT2D eigenvalue weighted by Gasteiger charge is -2.18. The molecular weight excluding hydrogens is 294 g/mol. The van der Waals surface area contributed by atoms with Gasteiger partial charge in [-0.2, -0.15) is 0 Å². The molecule has 4 rings (SSSR count). The van der Waals surface area contributed by atoms with Crippen molar-refractivity contribution < 1.29 is 13.9 Å². The SMILES string of the molecule is O=C1COc2cc(Nc3ncc(-c4ccccc4)o3)ccc2N1. The molecule has 2 aromatic carbocycles. The lowest BCUT2D eigenvalue weighted by Crippen LogP contribution is -2.25. The van der Waals surface area contributed by atoms with Crippen LogP contribution in [0.4, 0.5) is 17.4 Å². The molecule has 0 aliphatic carbocycles. The highest BCUT2D eigenvalue weighted by atomic mass is 16.5. The molecule has 0 spiro atoms. The maximum absolute atomic E-state index is 11.3. The van der Waals surface area contributed by atoms with Gasteiger partial charge in [-0.05, 0) is 12.1 Å². The van der Waals surface area contributed by atoms with E-state index in [4.69, 9.17) is 9.15 Å². The molecule has 1 aliphatic rings. The number of nitrogens with zero attached hydrogens (tertiary/aromatic N) is 1. The average molecular weight is 307 g/mol. The Morgan fingerprint density at radius 2 is 2.00 bits per heavy atom. The summed E-state index contributed by atoms with van der Waals surface area (Å²) in [6.07, 6.45) is 1.67. The molecule has 1 aromatic heterocycles. The first-order valence-electron chi connectivity index (χ1n) is 7.13. The molecule has 0 bridgehead atoms. The van der Waals surface area contributed by atoms with Crippen LogP contribution in [0.2, 0.25) is 0 Å².